The second-order valence-corrected chi connectivity index (χ2v) is 6.93. The van der Waals surface area contributed by atoms with Crippen LogP contribution in [-0.2, 0) is 13.6 Å². The zero-order valence-corrected chi connectivity index (χ0v) is 15.4. The van der Waals surface area contributed by atoms with Crippen LogP contribution in [0.1, 0.15) is 30.5 Å². The zero-order chi connectivity index (χ0) is 17.9. The van der Waals surface area contributed by atoms with Crippen LogP contribution in [0.5, 0.6) is 0 Å². The van der Waals surface area contributed by atoms with Crippen molar-refractivity contribution in [2.45, 2.75) is 25.8 Å². The molecule has 6 nitrogen and oxygen atoms in total. The molecule has 1 atom stereocenters. The molecule has 1 aliphatic heterocycles. The lowest BCUT2D eigenvalue weighted by molar-refractivity contribution is 0.486. The van der Waals surface area contributed by atoms with Gasteiger partial charge in [0.2, 0.25) is 0 Å². The van der Waals surface area contributed by atoms with E-state index in [9.17, 15) is 0 Å². The highest BCUT2D eigenvalue weighted by atomic mass is 15.3. The zero-order valence-electron chi connectivity index (χ0n) is 15.4. The molecule has 3 heterocycles. The molecule has 0 saturated carbocycles. The SMILES string of the molecule is CCNC(=NCc1cc2ccccc2[nH]1)N1CCC(c2cnn(C)c2)C1. The largest absolute Gasteiger partial charge is 0.357 e. The second-order valence-electron chi connectivity index (χ2n) is 6.93. The molecular formula is C20H26N6. The Morgan fingerprint density at radius 3 is 3.04 bits per heavy atom. The Bertz CT molecular complexity index is 873. The van der Waals surface area contributed by atoms with E-state index in [2.05, 4.69) is 63.8 Å². The summed E-state index contributed by atoms with van der Waals surface area (Å²) in [5.74, 6) is 1.53. The topological polar surface area (TPSA) is 61.2 Å². The van der Waals surface area contributed by atoms with Gasteiger partial charge in [-0.05, 0) is 36.4 Å². The number of para-hydroxylation sites is 1. The molecule has 1 unspecified atom stereocenters. The van der Waals surface area contributed by atoms with Crippen molar-refractivity contribution in [3.63, 3.8) is 0 Å². The molecule has 0 aliphatic carbocycles. The van der Waals surface area contributed by atoms with Crippen LogP contribution in [0.25, 0.3) is 10.9 Å². The first kappa shape index (κ1) is 16.7. The van der Waals surface area contributed by atoms with E-state index in [0.717, 1.165) is 37.7 Å². The summed E-state index contributed by atoms with van der Waals surface area (Å²) in [5.41, 5.74) is 3.63. The number of nitrogens with zero attached hydrogens (tertiary/aromatic N) is 4. The third-order valence-electron chi connectivity index (χ3n) is 5.00. The van der Waals surface area contributed by atoms with E-state index in [-0.39, 0.29) is 0 Å². The fraction of sp³-hybridized carbons (Fsp3) is 0.400. The Balaban J connectivity index is 1.47. The summed E-state index contributed by atoms with van der Waals surface area (Å²) in [4.78, 5) is 10.7. The summed E-state index contributed by atoms with van der Waals surface area (Å²) in [6.45, 7) is 5.67. The highest BCUT2D eigenvalue weighted by Crippen LogP contribution is 2.26. The van der Waals surface area contributed by atoms with Gasteiger partial charge in [-0.2, -0.15) is 5.10 Å². The van der Waals surface area contributed by atoms with Crippen LogP contribution in [0.15, 0.2) is 47.7 Å². The Kier molecular flexibility index (Phi) is 4.65. The number of guanidine groups is 1. The van der Waals surface area contributed by atoms with Gasteiger partial charge in [0.25, 0.3) is 0 Å². The van der Waals surface area contributed by atoms with Gasteiger partial charge < -0.3 is 15.2 Å². The first-order valence-corrected chi connectivity index (χ1v) is 9.31. The van der Waals surface area contributed by atoms with Crippen molar-refractivity contribution >= 4 is 16.9 Å². The maximum absolute atomic E-state index is 4.87. The number of hydrogen-bond acceptors (Lipinski definition) is 2. The van der Waals surface area contributed by atoms with Gasteiger partial charge in [-0.15, -0.1) is 0 Å². The molecule has 1 saturated heterocycles. The maximum atomic E-state index is 4.87. The smallest absolute Gasteiger partial charge is 0.194 e. The van der Waals surface area contributed by atoms with Gasteiger partial charge in [0.05, 0.1) is 12.7 Å². The molecule has 2 N–H and O–H groups in total. The van der Waals surface area contributed by atoms with Crippen LogP contribution >= 0.6 is 0 Å². The molecule has 6 heteroatoms. The minimum absolute atomic E-state index is 0.528. The lowest BCUT2D eigenvalue weighted by Gasteiger charge is -2.21. The molecule has 0 radical (unpaired) electrons. The summed E-state index contributed by atoms with van der Waals surface area (Å²) < 4.78 is 1.88. The summed E-state index contributed by atoms with van der Waals surface area (Å²) in [7, 11) is 1.97. The van der Waals surface area contributed by atoms with E-state index in [1.807, 2.05) is 17.9 Å². The number of aliphatic imine (C=N–C) groups is 1. The van der Waals surface area contributed by atoms with Crippen LogP contribution in [-0.4, -0.2) is 45.3 Å². The predicted octanol–water partition coefficient (Wildman–Crippen LogP) is 2.86. The average Bonchev–Trinajstić information content (AvgIpc) is 3.37. The first-order valence-electron chi connectivity index (χ1n) is 9.31. The lowest BCUT2D eigenvalue weighted by atomic mass is 10.0. The van der Waals surface area contributed by atoms with Crippen LogP contribution < -0.4 is 5.32 Å². The number of aryl methyl sites for hydroxylation is 1. The number of nitrogens with one attached hydrogen (secondary N) is 2. The van der Waals surface area contributed by atoms with E-state index in [1.54, 1.807) is 0 Å². The van der Waals surface area contributed by atoms with E-state index < -0.39 is 0 Å². The van der Waals surface area contributed by atoms with Crippen molar-refractivity contribution in [1.82, 2.24) is 25.0 Å². The lowest BCUT2D eigenvalue weighted by Crippen LogP contribution is -2.40. The Morgan fingerprint density at radius 1 is 1.38 bits per heavy atom. The predicted molar refractivity (Wildman–Crippen MR) is 105 cm³/mol. The van der Waals surface area contributed by atoms with E-state index in [4.69, 9.17) is 4.99 Å². The maximum Gasteiger partial charge on any atom is 0.194 e. The van der Waals surface area contributed by atoms with E-state index >= 15 is 0 Å². The van der Waals surface area contributed by atoms with Crippen LogP contribution in [0, 0.1) is 0 Å². The van der Waals surface area contributed by atoms with E-state index in [1.165, 1.54) is 16.5 Å². The third-order valence-corrected chi connectivity index (χ3v) is 5.00. The van der Waals surface area contributed by atoms with Crippen LogP contribution in [0.3, 0.4) is 0 Å². The van der Waals surface area contributed by atoms with Crippen molar-refractivity contribution in [2.75, 3.05) is 19.6 Å². The Hall–Kier alpha value is -2.76. The normalized spacial score (nSPS) is 18.0. The number of hydrogen-bond donors (Lipinski definition) is 2. The molecule has 136 valence electrons. The molecule has 0 spiro atoms. The van der Waals surface area contributed by atoms with Gasteiger partial charge in [0.15, 0.2) is 5.96 Å². The molecule has 1 aliphatic rings. The van der Waals surface area contributed by atoms with Gasteiger partial charge in [0.1, 0.15) is 0 Å². The monoisotopic (exact) mass is 350 g/mol. The minimum atomic E-state index is 0.528. The number of likely N-dealkylation sites (tertiary alicyclic amines) is 1. The number of fused-ring (bicyclic) bond motifs is 1. The fourth-order valence-electron chi connectivity index (χ4n) is 3.68. The number of aromatic nitrogens is 3. The van der Waals surface area contributed by atoms with Crippen molar-refractivity contribution in [3.05, 3.63) is 54.0 Å². The molecule has 4 rings (SSSR count). The minimum Gasteiger partial charge on any atom is -0.357 e. The van der Waals surface area contributed by atoms with Crippen molar-refractivity contribution in [3.8, 4) is 0 Å². The van der Waals surface area contributed by atoms with Crippen molar-refractivity contribution in [2.24, 2.45) is 12.0 Å². The number of benzene rings is 1. The summed E-state index contributed by atoms with van der Waals surface area (Å²) in [6, 6.07) is 10.5. The van der Waals surface area contributed by atoms with Crippen molar-refractivity contribution < 1.29 is 0 Å². The second kappa shape index (κ2) is 7.23. The highest BCUT2D eigenvalue weighted by Gasteiger charge is 2.26. The summed E-state index contributed by atoms with van der Waals surface area (Å²) in [5, 5.41) is 9.00. The first-order chi connectivity index (χ1) is 12.7. The standard InChI is InChI=1S/C20H26N6/c1-3-21-20(22-12-18-10-15-6-4-5-7-19(15)24-18)26-9-8-16(14-26)17-11-23-25(2)13-17/h4-7,10-11,13,16,24H,3,8-9,12,14H2,1-2H3,(H,21,22). The number of H-pyrrole nitrogens is 1. The fourth-order valence-corrected chi connectivity index (χ4v) is 3.68. The Morgan fingerprint density at radius 2 is 2.27 bits per heavy atom. The number of aromatic amines is 1. The number of rotatable bonds is 4. The summed E-state index contributed by atoms with van der Waals surface area (Å²) in [6.07, 6.45) is 5.26. The van der Waals surface area contributed by atoms with Crippen LogP contribution in [0.2, 0.25) is 0 Å². The average molecular weight is 350 g/mol. The van der Waals surface area contributed by atoms with Gasteiger partial charge in [-0.1, -0.05) is 18.2 Å². The molecule has 0 amide bonds. The molecule has 26 heavy (non-hydrogen) atoms. The summed E-state index contributed by atoms with van der Waals surface area (Å²) >= 11 is 0. The van der Waals surface area contributed by atoms with Gasteiger partial charge in [-0.25, -0.2) is 4.99 Å². The van der Waals surface area contributed by atoms with Gasteiger partial charge in [0, 0.05) is 50.0 Å². The third kappa shape index (κ3) is 3.45. The molecule has 1 fully saturated rings. The molecule has 1 aromatic carbocycles. The van der Waals surface area contributed by atoms with Crippen molar-refractivity contribution in [1.29, 1.82) is 0 Å². The molecule has 3 aromatic rings. The van der Waals surface area contributed by atoms with Gasteiger partial charge >= 0.3 is 0 Å². The van der Waals surface area contributed by atoms with E-state index in [0.29, 0.717) is 12.5 Å². The van der Waals surface area contributed by atoms with Gasteiger partial charge in [-0.3, -0.25) is 4.68 Å². The molecular weight excluding hydrogens is 324 g/mol. The highest BCUT2D eigenvalue weighted by molar-refractivity contribution is 5.81. The Labute approximate surface area is 153 Å². The molecule has 2 aromatic heterocycles. The molecule has 0 bridgehead atoms. The van der Waals surface area contributed by atoms with Crippen LogP contribution in [0.4, 0.5) is 0 Å². The quantitative estimate of drug-likeness (QED) is 0.562.